The molecule has 0 bridgehead atoms. The summed E-state index contributed by atoms with van der Waals surface area (Å²) in [6, 6.07) is 4.01. The average Bonchev–Trinajstić information content (AvgIpc) is 2.28. The van der Waals surface area contributed by atoms with Gasteiger partial charge in [0.15, 0.2) is 0 Å². The predicted octanol–water partition coefficient (Wildman–Crippen LogP) is 3.22. The summed E-state index contributed by atoms with van der Waals surface area (Å²) in [6.45, 7) is 8.03. The van der Waals surface area contributed by atoms with E-state index in [1.165, 1.54) is 7.11 Å². The Morgan fingerprint density at radius 2 is 1.61 bits per heavy atom. The molecule has 1 unspecified atom stereocenters. The lowest BCUT2D eigenvalue weighted by Crippen LogP contribution is -2.20. The van der Waals surface area contributed by atoms with Crippen LogP contribution in [0, 0.1) is 19.8 Å². The van der Waals surface area contributed by atoms with Crippen molar-refractivity contribution in [3.05, 3.63) is 28.8 Å². The third kappa shape index (κ3) is 2.84. The SMILES string of the molecule is COC(=O)C(c1cc(C)c(OC)c(C)c1)C(C)C. The molecular weight excluding hydrogens is 228 g/mol. The van der Waals surface area contributed by atoms with Gasteiger partial charge in [-0.05, 0) is 36.5 Å². The Kier molecular flexibility index (Phi) is 4.76. The highest BCUT2D eigenvalue weighted by Gasteiger charge is 2.26. The zero-order valence-electron chi connectivity index (χ0n) is 12.0. The first-order chi connectivity index (χ1) is 8.42. The molecule has 0 spiro atoms. The minimum Gasteiger partial charge on any atom is -0.496 e. The van der Waals surface area contributed by atoms with Gasteiger partial charge in [-0.2, -0.15) is 0 Å². The van der Waals surface area contributed by atoms with Crippen LogP contribution in [0.3, 0.4) is 0 Å². The Hall–Kier alpha value is -1.51. The van der Waals surface area contributed by atoms with Crippen LogP contribution in [0.25, 0.3) is 0 Å². The van der Waals surface area contributed by atoms with Gasteiger partial charge in [0.05, 0.1) is 20.1 Å². The van der Waals surface area contributed by atoms with E-state index in [2.05, 4.69) is 0 Å². The molecule has 0 aliphatic rings. The number of benzene rings is 1. The van der Waals surface area contributed by atoms with Crippen molar-refractivity contribution in [1.82, 2.24) is 0 Å². The fraction of sp³-hybridized carbons (Fsp3) is 0.533. The quantitative estimate of drug-likeness (QED) is 0.770. The summed E-state index contributed by atoms with van der Waals surface area (Å²) in [5.41, 5.74) is 3.08. The fourth-order valence-corrected chi connectivity index (χ4v) is 2.41. The van der Waals surface area contributed by atoms with Crippen molar-refractivity contribution in [2.75, 3.05) is 14.2 Å². The summed E-state index contributed by atoms with van der Waals surface area (Å²) in [6.07, 6.45) is 0. The number of carbonyl (C=O) groups is 1. The minimum atomic E-state index is -0.224. The molecule has 0 N–H and O–H groups in total. The highest BCUT2D eigenvalue weighted by atomic mass is 16.5. The summed E-state index contributed by atoms with van der Waals surface area (Å²) in [4.78, 5) is 11.9. The lowest BCUT2D eigenvalue weighted by Gasteiger charge is -2.21. The van der Waals surface area contributed by atoms with Crippen LogP contribution in [-0.4, -0.2) is 20.2 Å². The molecule has 1 rings (SSSR count). The fourth-order valence-electron chi connectivity index (χ4n) is 2.41. The van der Waals surface area contributed by atoms with Crippen molar-refractivity contribution in [2.24, 2.45) is 5.92 Å². The Morgan fingerprint density at radius 3 is 1.94 bits per heavy atom. The van der Waals surface area contributed by atoms with Gasteiger partial charge >= 0.3 is 5.97 Å². The van der Waals surface area contributed by atoms with Crippen LogP contribution in [0.15, 0.2) is 12.1 Å². The van der Waals surface area contributed by atoms with E-state index in [1.54, 1.807) is 7.11 Å². The third-order valence-electron chi connectivity index (χ3n) is 3.17. The van der Waals surface area contributed by atoms with Crippen LogP contribution in [0.4, 0.5) is 0 Å². The van der Waals surface area contributed by atoms with Gasteiger partial charge in [0, 0.05) is 0 Å². The van der Waals surface area contributed by atoms with Crippen molar-refractivity contribution >= 4 is 5.97 Å². The average molecular weight is 250 g/mol. The maximum absolute atomic E-state index is 11.9. The summed E-state index contributed by atoms with van der Waals surface area (Å²) in [5.74, 6) is 0.669. The Bertz CT molecular complexity index is 412. The van der Waals surface area contributed by atoms with Crippen molar-refractivity contribution in [3.63, 3.8) is 0 Å². The van der Waals surface area contributed by atoms with E-state index in [0.29, 0.717) is 0 Å². The van der Waals surface area contributed by atoms with Gasteiger partial charge in [0.1, 0.15) is 5.75 Å². The molecule has 18 heavy (non-hydrogen) atoms. The number of rotatable bonds is 4. The molecule has 0 aliphatic heterocycles. The lowest BCUT2D eigenvalue weighted by atomic mass is 9.86. The molecule has 0 aromatic heterocycles. The maximum atomic E-state index is 11.9. The number of hydrogen-bond donors (Lipinski definition) is 0. The summed E-state index contributed by atoms with van der Waals surface area (Å²) in [5, 5.41) is 0. The number of methoxy groups -OCH3 is 2. The first-order valence-electron chi connectivity index (χ1n) is 6.15. The summed E-state index contributed by atoms with van der Waals surface area (Å²) >= 11 is 0. The Morgan fingerprint density at radius 1 is 1.11 bits per heavy atom. The molecule has 3 heteroatoms. The van der Waals surface area contributed by atoms with E-state index >= 15 is 0 Å². The molecule has 0 amide bonds. The van der Waals surface area contributed by atoms with Crippen LogP contribution in [-0.2, 0) is 9.53 Å². The molecule has 1 aromatic rings. The normalized spacial score (nSPS) is 12.4. The molecule has 100 valence electrons. The van der Waals surface area contributed by atoms with Gasteiger partial charge in [0.2, 0.25) is 0 Å². The second-order valence-corrected chi connectivity index (χ2v) is 4.93. The highest BCUT2D eigenvalue weighted by molar-refractivity contribution is 5.78. The zero-order valence-corrected chi connectivity index (χ0v) is 12.0. The van der Waals surface area contributed by atoms with Crippen molar-refractivity contribution in [2.45, 2.75) is 33.6 Å². The predicted molar refractivity (Wildman–Crippen MR) is 72.1 cm³/mol. The molecular formula is C15H22O3. The molecule has 3 nitrogen and oxygen atoms in total. The van der Waals surface area contributed by atoms with Crippen LogP contribution in [0.5, 0.6) is 5.75 Å². The molecule has 0 fully saturated rings. The number of esters is 1. The molecule has 0 aliphatic carbocycles. The van der Waals surface area contributed by atoms with E-state index in [1.807, 2.05) is 39.8 Å². The molecule has 1 aromatic carbocycles. The maximum Gasteiger partial charge on any atom is 0.313 e. The minimum absolute atomic E-state index is 0.186. The van der Waals surface area contributed by atoms with Crippen LogP contribution >= 0.6 is 0 Å². The second kappa shape index (κ2) is 5.89. The monoisotopic (exact) mass is 250 g/mol. The standard InChI is InChI=1S/C15H22O3/c1-9(2)13(15(16)18-6)12-7-10(3)14(17-5)11(4)8-12/h7-9,13H,1-6H3. The van der Waals surface area contributed by atoms with Crippen LogP contribution in [0.1, 0.15) is 36.5 Å². The highest BCUT2D eigenvalue weighted by Crippen LogP contribution is 2.32. The van der Waals surface area contributed by atoms with Crippen molar-refractivity contribution < 1.29 is 14.3 Å². The molecule has 0 saturated carbocycles. The van der Waals surface area contributed by atoms with Gasteiger partial charge < -0.3 is 9.47 Å². The summed E-state index contributed by atoms with van der Waals surface area (Å²) in [7, 11) is 3.09. The topological polar surface area (TPSA) is 35.5 Å². The number of carbonyl (C=O) groups excluding carboxylic acids is 1. The second-order valence-electron chi connectivity index (χ2n) is 4.93. The molecule has 0 heterocycles. The Labute approximate surface area is 109 Å². The van der Waals surface area contributed by atoms with E-state index in [4.69, 9.17) is 9.47 Å². The Balaban J connectivity index is 3.26. The van der Waals surface area contributed by atoms with Crippen molar-refractivity contribution in [3.8, 4) is 5.75 Å². The van der Waals surface area contributed by atoms with E-state index in [0.717, 1.165) is 22.4 Å². The number of hydrogen-bond acceptors (Lipinski definition) is 3. The first kappa shape index (κ1) is 14.6. The molecule has 0 radical (unpaired) electrons. The van der Waals surface area contributed by atoms with Crippen LogP contribution in [0.2, 0.25) is 0 Å². The van der Waals surface area contributed by atoms with Crippen LogP contribution < -0.4 is 4.74 Å². The van der Waals surface area contributed by atoms with E-state index in [-0.39, 0.29) is 17.8 Å². The molecule has 0 saturated heterocycles. The van der Waals surface area contributed by atoms with E-state index < -0.39 is 0 Å². The first-order valence-corrected chi connectivity index (χ1v) is 6.15. The van der Waals surface area contributed by atoms with Gasteiger partial charge in [-0.25, -0.2) is 0 Å². The van der Waals surface area contributed by atoms with Crippen molar-refractivity contribution in [1.29, 1.82) is 0 Å². The van der Waals surface area contributed by atoms with Gasteiger partial charge in [-0.3, -0.25) is 4.79 Å². The third-order valence-corrected chi connectivity index (χ3v) is 3.17. The smallest absolute Gasteiger partial charge is 0.313 e. The summed E-state index contributed by atoms with van der Waals surface area (Å²) < 4.78 is 10.2. The zero-order chi connectivity index (χ0) is 13.9. The van der Waals surface area contributed by atoms with E-state index in [9.17, 15) is 4.79 Å². The van der Waals surface area contributed by atoms with Gasteiger partial charge in [-0.1, -0.05) is 26.0 Å². The molecule has 1 atom stereocenters. The van der Waals surface area contributed by atoms with Gasteiger partial charge in [0.25, 0.3) is 0 Å². The lowest BCUT2D eigenvalue weighted by molar-refractivity contribution is -0.143. The number of ether oxygens (including phenoxy) is 2. The van der Waals surface area contributed by atoms with Gasteiger partial charge in [-0.15, -0.1) is 0 Å². The largest absolute Gasteiger partial charge is 0.496 e. The number of aryl methyl sites for hydroxylation is 2.